The van der Waals surface area contributed by atoms with Crippen LogP contribution in [0.25, 0.3) is 0 Å². The molecule has 0 aliphatic heterocycles. The fraction of sp³-hybridized carbons (Fsp3) is 0.269. The van der Waals surface area contributed by atoms with Crippen LogP contribution in [0, 0.1) is 26.6 Å². The number of aryl methyl sites for hydroxylation is 4. The Hall–Kier alpha value is -2.98. The average Bonchev–Trinajstić information content (AvgIpc) is 2.72. The smallest absolute Gasteiger partial charge is 0.239 e. The van der Waals surface area contributed by atoms with Gasteiger partial charge in [0.25, 0.3) is 0 Å². The van der Waals surface area contributed by atoms with E-state index in [9.17, 15) is 9.18 Å². The van der Waals surface area contributed by atoms with Gasteiger partial charge in [-0.25, -0.2) is 4.39 Å². The van der Waals surface area contributed by atoms with Crippen LogP contribution in [0.1, 0.15) is 51.9 Å². The minimum Gasteiger partial charge on any atom is -0.368 e. The maximum atomic E-state index is 13.8. The minimum atomic E-state index is -0.626. The zero-order chi connectivity index (χ0) is 21.7. The summed E-state index contributed by atoms with van der Waals surface area (Å²) >= 11 is 0. The number of nitrogens with two attached hydrogens (primary N) is 1. The van der Waals surface area contributed by atoms with Crippen molar-refractivity contribution in [2.45, 2.75) is 45.7 Å². The van der Waals surface area contributed by atoms with Crippen LogP contribution >= 0.6 is 0 Å². The summed E-state index contributed by atoms with van der Waals surface area (Å²) in [5.41, 5.74) is 11.7. The topological polar surface area (TPSA) is 55.1 Å². The third-order valence-electron chi connectivity index (χ3n) is 5.49. The number of amides is 1. The SMILES string of the molecule is Cc1ccc(CC[C@@H](NC(C(N)=O)c2ccc(C)cc2)c2ccc(F)c(C)c2)cc1. The van der Waals surface area contributed by atoms with Gasteiger partial charge in [0.1, 0.15) is 11.9 Å². The fourth-order valence-corrected chi connectivity index (χ4v) is 3.60. The van der Waals surface area contributed by atoms with Crippen molar-refractivity contribution in [3.05, 3.63) is 106 Å². The summed E-state index contributed by atoms with van der Waals surface area (Å²) < 4.78 is 13.8. The third kappa shape index (κ3) is 5.55. The number of halogens is 1. The zero-order valence-electron chi connectivity index (χ0n) is 17.8. The summed E-state index contributed by atoms with van der Waals surface area (Å²) in [4.78, 5) is 12.3. The first-order chi connectivity index (χ1) is 14.3. The lowest BCUT2D eigenvalue weighted by atomic mass is 9.95. The molecule has 0 saturated heterocycles. The van der Waals surface area contributed by atoms with Gasteiger partial charge >= 0.3 is 0 Å². The van der Waals surface area contributed by atoms with Crippen molar-refractivity contribution < 1.29 is 9.18 Å². The normalized spacial score (nSPS) is 13.1. The Balaban J connectivity index is 1.88. The third-order valence-corrected chi connectivity index (χ3v) is 5.49. The Kier molecular flexibility index (Phi) is 7.01. The van der Waals surface area contributed by atoms with E-state index in [-0.39, 0.29) is 11.9 Å². The largest absolute Gasteiger partial charge is 0.368 e. The maximum Gasteiger partial charge on any atom is 0.239 e. The van der Waals surface area contributed by atoms with Gasteiger partial charge in [-0.3, -0.25) is 10.1 Å². The van der Waals surface area contributed by atoms with Crippen LogP contribution in [0.5, 0.6) is 0 Å². The first-order valence-electron chi connectivity index (χ1n) is 10.3. The van der Waals surface area contributed by atoms with Crippen LogP contribution in [0.2, 0.25) is 0 Å². The number of carbonyl (C=O) groups excluding carboxylic acids is 1. The molecule has 0 aliphatic carbocycles. The van der Waals surface area contributed by atoms with Crippen LogP contribution in [-0.4, -0.2) is 5.91 Å². The molecule has 0 aliphatic rings. The van der Waals surface area contributed by atoms with Gasteiger partial charge in [-0.1, -0.05) is 71.8 Å². The number of rotatable bonds is 8. The minimum absolute atomic E-state index is 0.149. The summed E-state index contributed by atoms with van der Waals surface area (Å²) in [6.07, 6.45) is 1.58. The van der Waals surface area contributed by atoms with E-state index >= 15 is 0 Å². The van der Waals surface area contributed by atoms with Gasteiger partial charge in [-0.05, 0) is 61.9 Å². The van der Waals surface area contributed by atoms with Crippen LogP contribution in [0.3, 0.4) is 0 Å². The molecule has 0 fully saturated rings. The Morgan fingerprint density at radius 2 is 1.47 bits per heavy atom. The lowest BCUT2D eigenvalue weighted by Crippen LogP contribution is -2.36. The van der Waals surface area contributed by atoms with Crippen LogP contribution in [-0.2, 0) is 11.2 Å². The second-order valence-electron chi connectivity index (χ2n) is 8.00. The number of carbonyl (C=O) groups is 1. The predicted octanol–water partition coefficient (Wildman–Crippen LogP) is 5.24. The molecule has 2 atom stereocenters. The molecule has 0 spiro atoms. The molecular formula is C26H29FN2O. The first kappa shape index (κ1) is 21.7. The molecule has 30 heavy (non-hydrogen) atoms. The number of nitrogens with one attached hydrogen (secondary N) is 1. The highest BCUT2D eigenvalue weighted by molar-refractivity contribution is 5.81. The number of benzene rings is 3. The Bertz CT molecular complexity index is 997. The number of primary amides is 1. The van der Waals surface area contributed by atoms with Crippen molar-refractivity contribution in [2.75, 3.05) is 0 Å². The van der Waals surface area contributed by atoms with Gasteiger partial charge in [0.15, 0.2) is 0 Å². The van der Waals surface area contributed by atoms with E-state index < -0.39 is 11.9 Å². The van der Waals surface area contributed by atoms with E-state index in [2.05, 4.69) is 36.5 Å². The molecule has 4 heteroatoms. The molecule has 0 radical (unpaired) electrons. The second-order valence-corrected chi connectivity index (χ2v) is 8.00. The molecule has 1 unspecified atom stereocenters. The highest BCUT2D eigenvalue weighted by atomic mass is 19.1. The monoisotopic (exact) mass is 404 g/mol. The molecule has 156 valence electrons. The summed E-state index contributed by atoms with van der Waals surface area (Å²) in [6, 6.07) is 20.5. The summed E-state index contributed by atoms with van der Waals surface area (Å²) in [5.74, 6) is -0.668. The van der Waals surface area contributed by atoms with Crippen LogP contribution < -0.4 is 11.1 Å². The molecule has 3 nitrogen and oxygen atoms in total. The predicted molar refractivity (Wildman–Crippen MR) is 120 cm³/mol. The van der Waals surface area contributed by atoms with Crippen molar-refractivity contribution in [1.29, 1.82) is 0 Å². The Labute approximate surface area is 178 Å². The molecule has 3 aromatic rings. The lowest BCUT2D eigenvalue weighted by molar-refractivity contribution is -0.120. The van der Waals surface area contributed by atoms with Crippen molar-refractivity contribution in [3.8, 4) is 0 Å². The highest BCUT2D eigenvalue weighted by Crippen LogP contribution is 2.26. The van der Waals surface area contributed by atoms with Crippen LogP contribution in [0.4, 0.5) is 4.39 Å². The summed E-state index contributed by atoms with van der Waals surface area (Å²) in [5, 5.41) is 3.44. The van der Waals surface area contributed by atoms with E-state index in [0.717, 1.165) is 29.5 Å². The van der Waals surface area contributed by atoms with Crippen molar-refractivity contribution in [3.63, 3.8) is 0 Å². The molecule has 0 aromatic heterocycles. The summed E-state index contributed by atoms with van der Waals surface area (Å²) in [7, 11) is 0. The molecule has 3 rings (SSSR count). The number of hydrogen-bond donors (Lipinski definition) is 2. The average molecular weight is 405 g/mol. The van der Waals surface area contributed by atoms with Gasteiger partial charge in [-0.2, -0.15) is 0 Å². The number of hydrogen-bond acceptors (Lipinski definition) is 2. The van der Waals surface area contributed by atoms with Gasteiger partial charge in [0, 0.05) is 6.04 Å². The Morgan fingerprint density at radius 1 is 0.900 bits per heavy atom. The lowest BCUT2D eigenvalue weighted by Gasteiger charge is -2.25. The van der Waals surface area contributed by atoms with E-state index in [1.807, 2.05) is 37.3 Å². The van der Waals surface area contributed by atoms with Gasteiger partial charge in [-0.15, -0.1) is 0 Å². The molecule has 1 amide bonds. The molecular weight excluding hydrogens is 375 g/mol. The second kappa shape index (κ2) is 9.68. The Morgan fingerprint density at radius 3 is 2.03 bits per heavy atom. The summed E-state index contributed by atoms with van der Waals surface area (Å²) in [6.45, 7) is 5.82. The van der Waals surface area contributed by atoms with Crippen molar-refractivity contribution in [1.82, 2.24) is 5.32 Å². The molecule has 0 saturated carbocycles. The van der Waals surface area contributed by atoms with Gasteiger partial charge in [0.2, 0.25) is 5.91 Å². The fourth-order valence-electron chi connectivity index (χ4n) is 3.60. The van der Waals surface area contributed by atoms with Crippen molar-refractivity contribution in [2.24, 2.45) is 5.73 Å². The quantitative estimate of drug-likeness (QED) is 0.539. The van der Waals surface area contributed by atoms with Crippen molar-refractivity contribution >= 4 is 5.91 Å². The molecule has 0 bridgehead atoms. The van der Waals surface area contributed by atoms with E-state index in [4.69, 9.17) is 5.73 Å². The highest BCUT2D eigenvalue weighted by Gasteiger charge is 2.23. The van der Waals surface area contributed by atoms with E-state index in [1.165, 1.54) is 17.2 Å². The van der Waals surface area contributed by atoms with Gasteiger partial charge in [0.05, 0.1) is 0 Å². The van der Waals surface area contributed by atoms with Crippen LogP contribution in [0.15, 0.2) is 66.7 Å². The first-order valence-corrected chi connectivity index (χ1v) is 10.3. The standard InChI is InChI=1S/C26H29FN2O/c1-17-4-8-20(9-5-17)10-15-24(22-13-14-23(27)19(3)16-22)29-25(26(28)30)21-11-6-18(2)7-12-21/h4-9,11-14,16,24-25,29H,10,15H2,1-3H3,(H2,28,30)/t24-,25?/m1/s1. The zero-order valence-corrected chi connectivity index (χ0v) is 17.8. The van der Waals surface area contributed by atoms with E-state index in [1.54, 1.807) is 13.0 Å². The molecule has 3 N–H and O–H groups in total. The van der Waals surface area contributed by atoms with E-state index in [0.29, 0.717) is 5.56 Å². The van der Waals surface area contributed by atoms with Gasteiger partial charge < -0.3 is 5.73 Å². The maximum absolute atomic E-state index is 13.8. The molecule has 3 aromatic carbocycles. The molecule has 0 heterocycles.